The normalized spacial score (nSPS) is 11.9. The largest absolute Gasteiger partial charge is 0.392 e. The molecule has 0 amide bonds. The number of aliphatic hydroxyl groups excluding tert-OH is 1. The van der Waals surface area contributed by atoms with Crippen LogP contribution < -0.4 is 0 Å². The lowest BCUT2D eigenvalue weighted by molar-refractivity contribution is 0.282. The Morgan fingerprint density at radius 1 is 1.59 bits per heavy atom. The molecule has 1 N–H and O–H groups in total. The van der Waals surface area contributed by atoms with Gasteiger partial charge < -0.3 is 5.11 Å². The molecule has 0 radical (unpaired) electrons. The van der Waals surface area contributed by atoms with Crippen molar-refractivity contribution in [2.24, 2.45) is 0 Å². The first kappa shape index (κ1) is 14.4. The summed E-state index contributed by atoms with van der Waals surface area (Å²) in [7, 11) is -3.45. The molecule has 0 fully saturated rings. The maximum atomic E-state index is 12.2. The molecule has 96 valence electrons. The summed E-state index contributed by atoms with van der Waals surface area (Å²) in [6, 6.07) is 1.52. The second-order valence-electron chi connectivity index (χ2n) is 3.58. The second-order valence-corrected chi connectivity index (χ2v) is 6.66. The van der Waals surface area contributed by atoms with E-state index in [0.29, 0.717) is 18.7 Å². The average molecular weight is 275 g/mol. The minimum atomic E-state index is -3.45. The summed E-state index contributed by atoms with van der Waals surface area (Å²) in [5.41, 5.74) is 0.628. The maximum Gasteiger partial charge on any atom is 0.252 e. The summed E-state index contributed by atoms with van der Waals surface area (Å²) in [6.07, 6.45) is 2.33. The van der Waals surface area contributed by atoms with Crippen molar-refractivity contribution >= 4 is 21.4 Å². The lowest BCUT2D eigenvalue weighted by Crippen LogP contribution is -2.31. The quantitative estimate of drug-likeness (QED) is 0.772. The van der Waals surface area contributed by atoms with Crippen LogP contribution in [-0.2, 0) is 16.6 Å². The van der Waals surface area contributed by atoms with Crippen molar-refractivity contribution in [3.63, 3.8) is 0 Å². The molecule has 0 aliphatic rings. The molecule has 0 aliphatic carbocycles. The molecule has 0 unspecified atom stereocenters. The zero-order valence-corrected chi connectivity index (χ0v) is 11.4. The molecule has 1 aromatic rings. The molecule has 0 bridgehead atoms. The standard InChI is InChI=1S/C11H17NO3S2/c1-3-5-12(6-4-2)17(14,15)11-7-10(8-13)9-16-11/h3,7,9,13H,1,4-6,8H2,2H3. The topological polar surface area (TPSA) is 57.6 Å². The summed E-state index contributed by atoms with van der Waals surface area (Å²) in [6.45, 7) is 6.14. The molecular weight excluding hydrogens is 258 g/mol. The number of rotatable bonds is 7. The van der Waals surface area contributed by atoms with Crippen LogP contribution in [0, 0.1) is 0 Å². The van der Waals surface area contributed by atoms with E-state index in [4.69, 9.17) is 5.11 Å². The summed E-state index contributed by atoms with van der Waals surface area (Å²) in [4.78, 5) is 0. The number of thiophene rings is 1. The van der Waals surface area contributed by atoms with Gasteiger partial charge in [0, 0.05) is 13.1 Å². The maximum absolute atomic E-state index is 12.2. The molecule has 0 aromatic carbocycles. The fraction of sp³-hybridized carbons (Fsp3) is 0.455. The fourth-order valence-electron chi connectivity index (χ4n) is 1.40. The van der Waals surface area contributed by atoms with Crippen molar-refractivity contribution in [1.29, 1.82) is 0 Å². The summed E-state index contributed by atoms with van der Waals surface area (Å²) in [5, 5.41) is 10.6. The number of hydrogen-bond acceptors (Lipinski definition) is 4. The van der Waals surface area contributed by atoms with Gasteiger partial charge in [-0.3, -0.25) is 0 Å². The fourth-order valence-corrected chi connectivity index (χ4v) is 4.26. The van der Waals surface area contributed by atoms with E-state index in [9.17, 15) is 8.42 Å². The number of nitrogens with zero attached hydrogens (tertiary/aromatic N) is 1. The van der Waals surface area contributed by atoms with Crippen LogP contribution in [0.3, 0.4) is 0 Å². The Labute approximate surface area is 106 Å². The molecule has 0 spiro atoms. The molecule has 0 aliphatic heterocycles. The van der Waals surface area contributed by atoms with Crippen molar-refractivity contribution in [2.45, 2.75) is 24.2 Å². The highest BCUT2D eigenvalue weighted by molar-refractivity contribution is 7.91. The Morgan fingerprint density at radius 3 is 2.76 bits per heavy atom. The van der Waals surface area contributed by atoms with Gasteiger partial charge in [-0.1, -0.05) is 13.0 Å². The highest BCUT2D eigenvalue weighted by Gasteiger charge is 2.24. The Morgan fingerprint density at radius 2 is 2.29 bits per heavy atom. The molecular formula is C11H17NO3S2. The van der Waals surface area contributed by atoms with Crippen LogP contribution in [-0.4, -0.2) is 30.9 Å². The van der Waals surface area contributed by atoms with Crippen molar-refractivity contribution in [3.8, 4) is 0 Å². The third kappa shape index (κ3) is 3.38. The lowest BCUT2D eigenvalue weighted by atomic mass is 10.4. The molecule has 1 heterocycles. The van der Waals surface area contributed by atoms with E-state index in [1.54, 1.807) is 11.5 Å². The van der Waals surface area contributed by atoms with Crippen LogP contribution in [0.1, 0.15) is 18.9 Å². The van der Waals surface area contributed by atoms with Gasteiger partial charge in [-0.25, -0.2) is 8.42 Å². The van der Waals surface area contributed by atoms with Crippen molar-refractivity contribution in [3.05, 3.63) is 29.7 Å². The molecule has 0 saturated carbocycles. The van der Waals surface area contributed by atoms with Gasteiger partial charge in [0.25, 0.3) is 10.0 Å². The number of aliphatic hydroxyl groups is 1. The molecule has 1 aromatic heterocycles. The number of hydrogen-bond donors (Lipinski definition) is 1. The summed E-state index contributed by atoms with van der Waals surface area (Å²) in [5.74, 6) is 0. The van der Waals surface area contributed by atoms with Crippen LogP contribution in [0.25, 0.3) is 0 Å². The Balaban J connectivity index is 3.02. The Kier molecular flexibility index (Phi) is 5.32. The SMILES string of the molecule is C=CCN(CCC)S(=O)(=O)c1cc(CO)cs1. The monoisotopic (exact) mass is 275 g/mol. The highest BCUT2D eigenvalue weighted by atomic mass is 32.2. The molecule has 1 rings (SSSR count). The van der Waals surface area contributed by atoms with E-state index in [0.717, 1.165) is 17.8 Å². The molecule has 0 atom stereocenters. The van der Waals surface area contributed by atoms with E-state index < -0.39 is 10.0 Å². The molecule has 6 heteroatoms. The van der Waals surface area contributed by atoms with Crippen molar-refractivity contribution in [2.75, 3.05) is 13.1 Å². The lowest BCUT2D eigenvalue weighted by Gasteiger charge is -2.18. The van der Waals surface area contributed by atoms with Gasteiger partial charge in [-0.05, 0) is 23.4 Å². The second kappa shape index (κ2) is 6.30. The zero-order chi connectivity index (χ0) is 12.9. The molecule has 17 heavy (non-hydrogen) atoms. The van der Waals surface area contributed by atoms with E-state index >= 15 is 0 Å². The molecule has 0 saturated heterocycles. The smallest absolute Gasteiger partial charge is 0.252 e. The minimum Gasteiger partial charge on any atom is -0.392 e. The number of sulfonamides is 1. The summed E-state index contributed by atoms with van der Waals surface area (Å²) < 4.78 is 26.2. The van der Waals surface area contributed by atoms with Gasteiger partial charge in [-0.15, -0.1) is 17.9 Å². The Hall–Kier alpha value is -0.690. The van der Waals surface area contributed by atoms with Gasteiger partial charge >= 0.3 is 0 Å². The third-order valence-corrected chi connectivity index (χ3v) is 5.54. The van der Waals surface area contributed by atoms with Crippen LogP contribution in [0.15, 0.2) is 28.3 Å². The average Bonchev–Trinajstić information content (AvgIpc) is 2.78. The van der Waals surface area contributed by atoms with Gasteiger partial charge in [0.15, 0.2) is 0 Å². The van der Waals surface area contributed by atoms with Gasteiger partial charge in [0.05, 0.1) is 6.61 Å². The first-order valence-electron chi connectivity index (χ1n) is 5.35. The van der Waals surface area contributed by atoms with Crippen molar-refractivity contribution < 1.29 is 13.5 Å². The van der Waals surface area contributed by atoms with Crippen LogP contribution in [0.5, 0.6) is 0 Å². The summed E-state index contributed by atoms with van der Waals surface area (Å²) >= 11 is 1.14. The van der Waals surface area contributed by atoms with E-state index in [1.807, 2.05) is 6.92 Å². The van der Waals surface area contributed by atoms with Gasteiger partial charge in [-0.2, -0.15) is 4.31 Å². The van der Waals surface area contributed by atoms with Crippen molar-refractivity contribution in [1.82, 2.24) is 4.31 Å². The van der Waals surface area contributed by atoms with E-state index in [1.165, 1.54) is 10.4 Å². The minimum absolute atomic E-state index is 0.138. The van der Waals surface area contributed by atoms with Gasteiger partial charge in [0.2, 0.25) is 0 Å². The van der Waals surface area contributed by atoms with Crippen LogP contribution in [0.2, 0.25) is 0 Å². The zero-order valence-electron chi connectivity index (χ0n) is 9.80. The first-order chi connectivity index (χ1) is 8.06. The van der Waals surface area contributed by atoms with Crippen LogP contribution >= 0.6 is 11.3 Å². The Bertz CT molecular complexity index is 465. The predicted molar refractivity (Wildman–Crippen MR) is 69.5 cm³/mol. The van der Waals surface area contributed by atoms with Crippen LogP contribution in [0.4, 0.5) is 0 Å². The van der Waals surface area contributed by atoms with E-state index in [-0.39, 0.29) is 10.8 Å². The van der Waals surface area contributed by atoms with Gasteiger partial charge in [0.1, 0.15) is 4.21 Å². The predicted octanol–water partition coefficient (Wildman–Crippen LogP) is 1.83. The highest BCUT2D eigenvalue weighted by Crippen LogP contribution is 2.24. The third-order valence-electron chi connectivity index (χ3n) is 2.21. The first-order valence-corrected chi connectivity index (χ1v) is 7.67. The van der Waals surface area contributed by atoms with E-state index in [2.05, 4.69) is 6.58 Å². The molecule has 4 nitrogen and oxygen atoms in total.